The minimum atomic E-state index is -1.24. The van der Waals surface area contributed by atoms with E-state index in [4.69, 9.17) is 28.3 Å². The van der Waals surface area contributed by atoms with E-state index >= 15 is 0 Å². The lowest BCUT2D eigenvalue weighted by atomic mass is 9.96. The standard InChI is InChI=1S/C8H10Cl2O2/c1-4-7(5(11)12)6(2,3)8(7,9)10/h4H,1H2,2-3H3,(H,11,12). The lowest BCUT2D eigenvalue weighted by Crippen LogP contribution is -2.20. The van der Waals surface area contributed by atoms with Crippen LogP contribution < -0.4 is 0 Å². The quantitative estimate of drug-likeness (QED) is 0.560. The summed E-state index contributed by atoms with van der Waals surface area (Å²) in [6, 6.07) is 0. The molecule has 1 N–H and O–H groups in total. The zero-order valence-electron chi connectivity index (χ0n) is 6.90. The van der Waals surface area contributed by atoms with Crippen molar-refractivity contribution in [3.05, 3.63) is 12.7 Å². The van der Waals surface area contributed by atoms with Crippen LogP contribution in [0.3, 0.4) is 0 Å². The molecule has 1 aliphatic carbocycles. The number of carboxylic acids is 1. The van der Waals surface area contributed by atoms with E-state index in [1.165, 1.54) is 6.08 Å². The van der Waals surface area contributed by atoms with Crippen LogP contribution in [0, 0.1) is 10.8 Å². The van der Waals surface area contributed by atoms with Crippen LogP contribution in [0.2, 0.25) is 0 Å². The Morgan fingerprint density at radius 2 is 1.83 bits per heavy atom. The van der Waals surface area contributed by atoms with Crippen LogP contribution >= 0.6 is 23.2 Å². The van der Waals surface area contributed by atoms with Crippen molar-refractivity contribution in [2.45, 2.75) is 18.2 Å². The second kappa shape index (κ2) is 2.18. The lowest BCUT2D eigenvalue weighted by Gasteiger charge is -2.06. The molecule has 1 fully saturated rings. The first-order chi connectivity index (χ1) is 5.25. The van der Waals surface area contributed by atoms with E-state index in [-0.39, 0.29) is 0 Å². The van der Waals surface area contributed by atoms with Crippen molar-refractivity contribution in [1.82, 2.24) is 0 Å². The molecule has 0 aliphatic heterocycles. The van der Waals surface area contributed by atoms with Gasteiger partial charge in [-0.3, -0.25) is 4.79 Å². The molecular formula is C8H10Cl2O2. The highest BCUT2D eigenvalue weighted by Crippen LogP contribution is 2.78. The maximum absolute atomic E-state index is 10.9. The van der Waals surface area contributed by atoms with Gasteiger partial charge in [0.2, 0.25) is 0 Å². The third kappa shape index (κ3) is 0.662. The molecule has 1 saturated carbocycles. The Morgan fingerprint density at radius 3 is 1.83 bits per heavy atom. The maximum Gasteiger partial charge on any atom is 0.317 e. The predicted octanol–water partition coefficient (Wildman–Crippen LogP) is 2.46. The normalized spacial score (nSPS) is 35.7. The minimum absolute atomic E-state index is 0.656. The first kappa shape index (κ1) is 9.87. The third-order valence-electron chi connectivity index (χ3n) is 2.85. The zero-order valence-corrected chi connectivity index (χ0v) is 8.41. The molecule has 1 unspecified atom stereocenters. The fraction of sp³-hybridized carbons (Fsp3) is 0.625. The summed E-state index contributed by atoms with van der Waals surface area (Å²) >= 11 is 11.7. The van der Waals surface area contributed by atoms with Crippen molar-refractivity contribution >= 4 is 29.2 Å². The van der Waals surface area contributed by atoms with Crippen molar-refractivity contribution in [3.8, 4) is 0 Å². The summed E-state index contributed by atoms with van der Waals surface area (Å²) in [5.74, 6) is -1.02. The maximum atomic E-state index is 10.9. The molecule has 0 radical (unpaired) electrons. The first-order valence-corrected chi connectivity index (χ1v) is 4.26. The smallest absolute Gasteiger partial charge is 0.317 e. The second-order valence-corrected chi connectivity index (χ2v) is 4.84. The number of aliphatic carboxylic acids is 1. The van der Waals surface area contributed by atoms with Crippen LogP contribution in [-0.2, 0) is 4.79 Å². The summed E-state index contributed by atoms with van der Waals surface area (Å²) < 4.78 is -1.24. The Morgan fingerprint density at radius 1 is 1.50 bits per heavy atom. The number of carboxylic acid groups (broad SMARTS) is 1. The number of hydrogen-bond acceptors (Lipinski definition) is 1. The van der Waals surface area contributed by atoms with Crippen LogP contribution in [0.1, 0.15) is 13.8 Å². The van der Waals surface area contributed by atoms with Gasteiger partial charge < -0.3 is 5.11 Å². The molecule has 0 spiro atoms. The van der Waals surface area contributed by atoms with Crippen LogP contribution in [0.15, 0.2) is 12.7 Å². The molecule has 1 aliphatic rings. The van der Waals surface area contributed by atoms with Gasteiger partial charge in [0.25, 0.3) is 0 Å². The highest BCUT2D eigenvalue weighted by atomic mass is 35.5. The molecule has 0 aromatic heterocycles. The molecule has 2 nitrogen and oxygen atoms in total. The summed E-state index contributed by atoms with van der Waals surface area (Å²) in [6.07, 6.45) is 1.31. The van der Waals surface area contributed by atoms with Crippen LogP contribution in [-0.4, -0.2) is 15.4 Å². The average Bonchev–Trinajstić information content (AvgIpc) is 2.21. The van der Waals surface area contributed by atoms with Crippen LogP contribution in [0.25, 0.3) is 0 Å². The van der Waals surface area contributed by atoms with E-state index in [0.717, 1.165) is 0 Å². The number of rotatable bonds is 2. The van der Waals surface area contributed by atoms with Crippen molar-refractivity contribution in [1.29, 1.82) is 0 Å². The summed E-state index contributed by atoms with van der Waals surface area (Å²) in [5.41, 5.74) is -1.86. The van der Waals surface area contributed by atoms with E-state index in [9.17, 15) is 4.79 Å². The fourth-order valence-electron chi connectivity index (χ4n) is 1.67. The molecule has 0 aromatic carbocycles. The first-order valence-electron chi connectivity index (χ1n) is 3.50. The zero-order chi connectivity index (χ0) is 9.78. The molecule has 0 bridgehead atoms. The molecule has 68 valence electrons. The third-order valence-corrected chi connectivity index (χ3v) is 4.39. The topological polar surface area (TPSA) is 37.3 Å². The van der Waals surface area contributed by atoms with Gasteiger partial charge >= 0.3 is 5.97 Å². The molecule has 1 atom stereocenters. The largest absolute Gasteiger partial charge is 0.480 e. The Kier molecular flexibility index (Phi) is 1.79. The lowest BCUT2D eigenvalue weighted by molar-refractivity contribution is -0.142. The van der Waals surface area contributed by atoms with Gasteiger partial charge in [0.15, 0.2) is 0 Å². The molecule has 0 amide bonds. The molecule has 12 heavy (non-hydrogen) atoms. The summed E-state index contributed by atoms with van der Waals surface area (Å²) in [6.45, 7) is 6.88. The van der Waals surface area contributed by atoms with Crippen LogP contribution in [0.4, 0.5) is 0 Å². The molecule has 0 heterocycles. The highest BCUT2D eigenvalue weighted by molar-refractivity contribution is 6.54. The highest BCUT2D eigenvalue weighted by Gasteiger charge is 2.85. The number of alkyl halides is 2. The van der Waals surface area contributed by atoms with Gasteiger partial charge in [-0.2, -0.15) is 0 Å². The van der Waals surface area contributed by atoms with E-state index in [1.807, 2.05) is 0 Å². The monoisotopic (exact) mass is 208 g/mol. The number of carbonyl (C=O) groups is 1. The van der Waals surface area contributed by atoms with E-state index < -0.39 is 21.1 Å². The predicted molar refractivity (Wildman–Crippen MR) is 48.5 cm³/mol. The summed E-state index contributed by atoms with van der Waals surface area (Å²) in [7, 11) is 0. The fourth-order valence-corrected chi connectivity index (χ4v) is 2.66. The molecule has 0 saturated heterocycles. The van der Waals surface area contributed by atoms with Crippen molar-refractivity contribution < 1.29 is 9.90 Å². The van der Waals surface area contributed by atoms with Crippen molar-refractivity contribution in [3.63, 3.8) is 0 Å². The SMILES string of the molecule is C=CC1(C(=O)O)C(C)(C)C1(Cl)Cl. The van der Waals surface area contributed by atoms with E-state index in [1.54, 1.807) is 13.8 Å². The summed E-state index contributed by atoms with van der Waals surface area (Å²) in [4.78, 5) is 10.9. The molecule has 1 rings (SSSR count). The Labute approximate surface area is 81.2 Å². The van der Waals surface area contributed by atoms with Gasteiger partial charge in [0.05, 0.1) is 0 Å². The average molecular weight is 209 g/mol. The molecule has 4 heteroatoms. The van der Waals surface area contributed by atoms with Gasteiger partial charge in [-0.1, -0.05) is 43.1 Å². The van der Waals surface area contributed by atoms with Crippen molar-refractivity contribution in [2.75, 3.05) is 0 Å². The Balaban J connectivity index is 3.20. The van der Waals surface area contributed by atoms with Crippen molar-refractivity contribution in [2.24, 2.45) is 10.8 Å². The second-order valence-electron chi connectivity index (χ2n) is 3.52. The number of halogens is 2. The van der Waals surface area contributed by atoms with E-state index in [0.29, 0.717) is 0 Å². The number of hydrogen-bond donors (Lipinski definition) is 1. The van der Waals surface area contributed by atoms with Gasteiger partial charge in [0.1, 0.15) is 9.75 Å². The Bertz CT molecular complexity index is 242. The molecular weight excluding hydrogens is 199 g/mol. The Hall–Kier alpha value is -0.210. The van der Waals surface area contributed by atoms with Gasteiger partial charge in [-0.25, -0.2) is 0 Å². The van der Waals surface area contributed by atoms with Crippen LogP contribution in [0.5, 0.6) is 0 Å². The molecule has 0 aromatic rings. The minimum Gasteiger partial charge on any atom is -0.480 e. The van der Waals surface area contributed by atoms with Gasteiger partial charge in [-0.15, -0.1) is 6.58 Å². The van der Waals surface area contributed by atoms with Gasteiger partial charge in [-0.05, 0) is 0 Å². The van der Waals surface area contributed by atoms with E-state index in [2.05, 4.69) is 6.58 Å². The van der Waals surface area contributed by atoms with Gasteiger partial charge in [0, 0.05) is 5.41 Å². The summed E-state index contributed by atoms with van der Waals surface area (Å²) in [5, 5.41) is 8.93.